The number of carbonyl (C=O) groups excluding carboxylic acids is 1. The molecule has 1 saturated carbocycles. The highest BCUT2D eigenvalue weighted by Crippen LogP contribution is 2.47. The van der Waals surface area contributed by atoms with Crippen molar-refractivity contribution in [2.24, 2.45) is 0 Å². The van der Waals surface area contributed by atoms with Gasteiger partial charge in [-0.2, -0.15) is 9.57 Å². The second-order valence-electron chi connectivity index (χ2n) is 8.50. The van der Waals surface area contributed by atoms with Crippen LogP contribution in [0, 0.1) is 18.3 Å². The molecule has 1 aliphatic rings. The number of anilines is 1. The van der Waals surface area contributed by atoms with Crippen molar-refractivity contribution >= 4 is 33.2 Å². The Morgan fingerprint density at radius 3 is 2.29 bits per heavy atom. The highest BCUT2D eigenvalue weighted by atomic mass is 35.5. The zero-order valence-corrected chi connectivity index (χ0v) is 20.2. The minimum absolute atomic E-state index is 0.0487. The predicted molar refractivity (Wildman–Crippen MR) is 132 cm³/mol. The Balaban J connectivity index is 1.55. The molecule has 1 fully saturated rings. The lowest BCUT2D eigenvalue weighted by molar-refractivity contribution is -0.116. The van der Waals surface area contributed by atoms with Crippen LogP contribution >= 0.6 is 11.6 Å². The van der Waals surface area contributed by atoms with E-state index in [9.17, 15) is 18.5 Å². The zero-order valence-electron chi connectivity index (χ0n) is 18.7. The van der Waals surface area contributed by atoms with Crippen molar-refractivity contribution in [2.75, 3.05) is 11.9 Å². The number of sulfonamides is 1. The molecule has 0 unspecified atom stereocenters. The van der Waals surface area contributed by atoms with E-state index in [0.29, 0.717) is 16.3 Å². The van der Waals surface area contributed by atoms with E-state index in [1.54, 1.807) is 48.5 Å². The van der Waals surface area contributed by atoms with Crippen LogP contribution in [0.15, 0.2) is 77.7 Å². The fraction of sp³-hybridized carbons (Fsp3) is 0.231. The Hall–Kier alpha value is -3.18. The molecule has 0 heterocycles. The predicted octanol–water partition coefficient (Wildman–Crippen LogP) is 5.03. The van der Waals surface area contributed by atoms with Gasteiger partial charge in [-0.1, -0.05) is 59.6 Å². The third kappa shape index (κ3) is 5.15. The van der Waals surface area contributed by atoms with E-state index in [4.69, 9.17) is 11.6 Å². The van der Waals surface area contributed by atoms with Gasteiger partial charge in [0.1, 0.15) is 0 Å². The molecular weight excluding hydrogens is 470 g/mol. The van der Waals surface area contributed by atoms with Crippen LogP contribution < -0.4 is 5.32 Å². The summed E-state index contributed by atoms with van der Waals surface area (Å²) in [6.07, 6.45) is 1.67. The summed E-state index contributed by atoms with van der Waals surface area (Å²) < 4.78 is 28.0. The smallest absolute Gasteiger partial charge is 0.243 e. The second kappa shape index (κ2) is 9.59. The molecule has 4 rings (SSSR count). The second-order valence-corrected chi connectivity index (χ2v) is 10.8. The summed E-state index contributed by atoms with van der Waals surface area (Å²) in [6.45, 7) is 1.44. The van der Waals surface area contributed by atoms with E-state index in [0.717, 1.165) is 28.3 Å². The molecule has 6 nitrogen and oxygen atoms in total. The van der Waals surface area contributed by atoms with Gasteiger partial charge in [0, 0.05) is 17.3 Å². The van der Waals surface area contributed by atoms with Gasteiger partial charge in [-0.15, -0.1) is 0 Å². The number of carbonyl (C=O) groups is 1. The van der Waals surface area contributed by atoms with Crippen LogP contribution in [-0.4, -0.2) is 25.2 Å². The number of rotatable bonds is 8. The Kier molecular flexibility index (Phi) is 6.76. The van der Waals surface area contributed by atoms with Gasteiger partial charge in [0.2, 0.25) is 15.9 Å². The molecule has 3 aromatic carbocycles. The Labute approximate surface area is 204 Å². The molecule has 0 bridgehead atoms. The molecule has 1 aliphatic carbocycles. The van der Waals surface area contributed by atoms with Gasteiger partial charge in [-0.25, -0.2) is 8.42 Å². The quantitative estimate of drug-likeness (QED) is 0.476. The van der Waals surface area contributed by atoms with Gasteiger partial charge >= 0.3 is 0 Å². The first-order valence-corrected chi connectivity index (χ1v) is 12.7. The van der Waals surface area contributed by atoms with Gasteiger partial charge in [-0.3, -0.25) is 4.79 Å². The van der Waals surface area contributed by atoms with Gasteiger partial charge < -0.3 is 5.32 Å². The molecule has 0 spiro atoms. The van der Waals surface area contributed by atoms with Crippen LogP contribution in [0.2, 0.25) is 5.02 Å². The van der Waals surface area contributed by atoms with Gasteiger partial charge in [0.05, 0.1) is 22.9 Å². The first kappa shape index (κ1) is 24.0. The molecule has 1 N–H and O–H groups in total. The fourth-order valence-corrected chi connectivity index (χ4v) is 5.30. The molecule has 8 heteroatoms. The van der Waals surface area contributed by atoms with Crippen molar-refractivity contribution in [1.82, 2.24) is 4.31 Å². The molecule has 3 aromatic rings. The number of nitriles is 1. The number of hydrogen-bond donors (Lipinski definition) is 1. The van der Waals surface area contributed by atoms with Crippen molar-refractivity contribution in [3.8, 4) is 6.07 Å². The summed E-state index contributed by atoms with van der Waals surface area (Å²) in [5.41, 5.74) is 2.59. The van der Waals surface area contributed by atoms with Gasteiger partial charge in [0.15, 0.2) is 0 Å². The lowest BCUT2D eigenvalue weighted by Crippen LogP contribution is -2.37. The van der Waals surface area contributed by atoms with Crippen molar-refractivity contribution in [3.63, 3.8) is 0 Å². The molecule has 0 aliphatic heterocycles. The Bertz CT molecular complexity index is 1340. The molecule has 34 heavy (non-hydrogen) atoms. The average Bonchev–Trinajstić information content (AvgIpc) is 3.62. The number of hydrogen-bond acceptors (Lipinski definition) is 4. The van der Waals surface area contributed by atoms with Crippen LogP contribution in [-0.2, 0) is 26.8 Å². The van der Waals surface area contributed by atoms with Crippen molar-refractivity contribution in [1.29, 1.82) is 5.26 Å². The first-order valence-electron chi connectivity index (χ1n) is 10.9. The SMILES string of the molecule is Cc1ccc(S(=O)(=O)N(CC(=O)Nc2ccc(C3(C#N)CC3)cc2)Cc2ccccc2Cl)cc1. The lowest BCUT2D eigenvalue weighted by atomic mass is 9.98. The molecule has 1 amide bonds. The minimum Gasteiger partial charge on any atom is -0.325 e. The zero-order chi connectivity index (χ0) is 24.3. The van der Waals surface area contributed by atoms with Gasteiger partial charge in [0.25, 0.3) is 0 Å². The Morgan fingerprint density at radius 1 is 1.06 bits per heavy atom. The Morgan fingerprint density at radius 2 is 1.71 bits per heavy atom. The lowest BCUT2D eigenvalue weighted by Gasteiger charge is -2.22. The van der Waals surface area contributed by atoms with Crippen LogP contribution in [0.1, 0.15) is 29.5 Å². The minimum atomic E-state index is -3.96. The van der Waals surface area contributed by atoms with Crippen LogP contribution in [0.25, 0.3) is 0 Å². The highest BCUT2D eigenvalue weighted by Gasteiger charge is 2.44. The maximum absolute atomic E-state index is 13.4. The summed E-state index contributed by atoms with van der Waals surface area (Å²) in [4.78, 5) is 13.0. The molecule has 0 atom stereocenters. The number of benzene rings is 3. The van der Waals surface area contributed by atoms with E-state index in [2.05, 4.69) is 11.4 Å². The number of halogens is 1. The highest BCUT2D eigenvalue weighted by molar-refractivity contribution is 7.89. The van der Waals surface area contributed by atoms with E-state index >= 15 is 0 Å². The maximum Gasteiger partial charge on any atom is 0.243 e. The molecular formula is C26H24ClN3O3S. The number of aryl methyl sites for hydroxylation is 1. The molecule has 0 aromatic heterocycles. The number of nitrogens with zero attached hydrogens (tertiary/aromatic N) is 2. The average molecular weight is 494 g/mol. The first-order chi connectivity index (χ1) is 16.2. The van der Waals surface area contributed by atoms with E-state index in [-0.39, 0.29) is 18.0 Å². The molecule has 174 valence electrons. The van der Waals surface area contributed by atoms with Crippen LogP contribution in [0.5, 0.6) is 0 Å². The summed E-state index contributed by atoms with van der Waals surface area (Å²) in [5, 5.41) is 12.5. The normalized spacial score (nSPS) is 14.4. The summed E-state index contributed by atoms with van der Waals surface area (Å²) in [5.74, 6) is -0.475. The standard InChI is InChI=1S/C26H24ClN3O3S/c1-19-6-12-23(13-7-19)34(32,33)30(16-20-4-2-3-5-24(20)27)17-25(31)29-22-10-8-21(9-11-22)26(18-28)14-15-26/h2-13H,14-17H2,1H3,(H,29,31). The van der Waals surface area contributed by atoms with Crippen LogP contribution in [0.4, 0.5) is 5.69 Å². The van der Waals surface area contributed by atoms with E-state index in [1.807, 2.05) is 19.1 Å². The summed E-state index contributed by atoms with van der Waals surface area (Å²) in [6, 6.07) is 22.9. The van der Waals surface area contributed by atoms with E-state index < -0.39 is 21.3 Å². The van der Waals surface area contributed by atoms with Crippen molar-refractivity contribution in [2.45, 2.75) is 36.6 Å². The maximum atomic E-state index is 13.4. The number of amides is 1. The third-order valence-corrected chi connectivity index (χ3v) is 8.14. The molecule has 0 radical (unpaired) electrons. The fourth-order valence-electron chi connectivity index (χ4n) is 3.73. The molecule has 0 saturated heterocycles. The van der Waals surface area contributed by atoms with Crippen molar-refractivity contribution < 1.29 is 13.2 Å². The van der Waals surface area contributed by atoms with E-state index in [1.165, 1.54) is 12.1 Å². The monoisotopic (exact) mass is 493 g/mol. The van der Waals surface area contributed by atoms with Crippen molar-refractivity contribution in [3.05, 3.63) is 94.5 Å². The van der Waals surface area contributed by atoms with Gasteiger partial charge in [-0.05, 0) is 61.2 Å². The summed E-state index contributed by atoms with van der Waals surface area (Å²) >= 11 is 6.28. The topological polar surface area (TPSA) is 90.3 Å². The van der Waals surface area contributed by atoms with Crippen LogP contribution in [0.3, 0.4) is 0 Å². The summed E-state index contributed by atoms with van der Waals surface area (Å²) in [7, 11) is -3.96. The number of nitrogens with one attached hydrogen (secondary N) is 1. The third-order valence-electron chi connectivity index (χ3n) is 5.97. The largest absolute Gasteiger partial charge is 0.325 e.